The lowest BCUT2D eigenvalue weighted by Gasteiger charge is -2.13. The first-order valence-electron chi connectivity index (χ1n) is 6.35. The van der Waals surface area contributed by atoms with Crippen molar-refractivity contribution in [2.24, 2.45) is 0 Å². The van der Waals surface area contributed by atoms with E-state index in [0.717, 1.165) is 11.4 Å². The van der Waals surface area contributed by atoms with Crippen LogP contribution in [0.4, 0.5) is 17.3 Å². The van der Waals surface area contributed by atoms with E-state index in [1.807, 2.05) is 31.2 Å². The Morgan fingerprint density at radius 2 is 1.80 bits per heavy atom. The minimum Gasteiger partial charge on any atom is -0.494 e. The summed E-state index contributed by atoms with van der Waals surface area (Å²) < 4.78 is 10.7. The van der Waals surface area contributed by atoms with Gasteiger partial charge in [0.05, 0.1) is 13.7 Å². The molecule has 0 aliphatic carbocycles. The molecule has 0 bridgehead atoms. The lowest BCUT2D eigenvalue weighted by molar-refractivity contribution is 0.340. The number of nitrogens with zero attached hydrogens (tertiary/aromatic N) is 2. The molecule has 2 aromatic rings. The molecule has 1 aromatic carbocycles. The van der Waals surface area contributed by atoms with Crippen LogP contribution >= 0.6 is 0 Å². The zero-order chi connectivity index (χ0) is 14.4. The average Bonchev–Trinajstić information content (AvgIpc) is 2.49. The van der Waals surface area contributed by atoms with Gasteiger partial charge in [0.15, 0.2) is 11.6 Å². The standard InChI is InChI=1S/C14H18N4O2/c1-4-20-11-7-5-10(6-8-11)18-14-12(19-3)13(15-2)16-9-17-14/h5-9H,4H2,1-3H3,(H2,15,16,17,18). The molecular weight excluding hydrogens is 256 g/mol. The van der Waals surface area contributed by atoms with E-state index >= 15 is 0 Å². The van der Waals surface area contributed by atoms with Crippen molar-refractivity contribution in [2.75, 3.05) is 31.4 Å². The van der Waals surface area contributed by atoms with E-state index in [-0.39, 0.29) is 0 Å². The Labute approximate surface area is 118 Å². The first kappa shape index (κ1) is 13.9. The first-order chi connectivity index (χ1) is 9.78. The predicted molar refractivity (Wildman–Crippen MR) is 79.0 cm³/mol. The number of rotatable bonds is 6. The van der Waals surface area contributed by atoms with Gasteiger partial charge in [-0.15, -0.1) is 0 Å². The van der Waals surface area contributed by atoms with Crippen LogP contribution in [0.5, 0.6) is 11.5 Å². The number of nitrogens with one attached hydrogen (secondary N) is 2. The van der Waals surface area contributed by atoms with Gasteiger partial charge in [-0.1, -0.05) is 0 Å². The van der Waals surface area contributed by atoms with Gasteiger partial charge in [-0.05, 0) is 31.2 Å². The second-order valence-electron chi connectivity index (χ2n) is 3.94. The summed E-state index contributed by atoms with van der Waals surface area (Å²) in [4.78, 5) is 8.30. The number of methoxy groups -OCH3 is 1. The Morgan fingerprint density at radius 3 is 2.40 bits per heavy atom. The highest BCUT2D eigenvalue weighted by Gasteiger charge is 2.10. The lowest BCUT2D eigenvalue weighted by atomic mass is 10.3. The van der Waals surface area contributed by atoms with Crippen LogP contribution in [0.1, 0.15) is 6.92 Å². The van der Waals surface area contributed by atoms with Crippen molar-refractivity contribution in [3.05, 3.63) is 30.6 Å². The van der Waals surface area contributed by atoms with Gasteiger partial charge in [0.25, 0.3) is 0 Å². The average molecular weight is 274 g/mol. The number of benzene rings is 1. The topological polar surface area (TPSA) is 68.3 Å². The van der Waals surface area contributed by atoms with Crippen LogP contribution in [-0.2, 0) is 0 Å². The molecule has 0 saturated carbocycles. The molecule has 0 amide bonds. The monoisotopic (exact) mass is 274 g/mol. The molecule has 1 aromatic heterocycles. The molecule has 0 spiro atoms. The first-order valence-corrected chi connectivity index (χ1v) is 6.35. The SMILES string of the molecule is CCOc1ccc(Nc2ncnc(NC)c2OC)cc1. The summed E-state index contributed by atoms with van der Waals surface area (Å²) in [7, 11) is 3.37. The summed E-state index contributed by atoms with van der Waals surface area (Å²) in [6.07, 6.45) is 1.48. The van der Waals surface area contributed by atoms with Gasteiger partial charge in [-0.2, -0.15) is 0 Å². The number of aromatic nitrogens is 2. The van der Waals surface area contributed by atoms with Crippen LogP contribution in [0.2, 0.25) is 0 Å². The van der Waals surface area contributed by atoms with Gasteiger partial charge in [-0.3, -0.25) is 0 Å². The van der Waals surface area contributed by atoms with Crippen molar-refractivity contribution in [1.82, 2.24) is 9.97 Å². The summed E-state index contributed by atoms with van der Waals surface area (Å²) >= 11 is 0. The Morgan fingerprint density at radius 1 is 1.10 bits per heavy atom. The number of anilines is 3. The van der Waals surface area contributed by atoms with Crippen LogP contribution < -0.4 is 20.1 Å². The van der Waals surface area contributed by atoms with Gasteiger partial charge in [0.1, 0.15) is 12.1 Å². The third-order valence-electron chi connectivity index (χ3n) is 2.67. The van der Waals surface area contributed by atoms with Gasteiger partial charge >= 0.3 is 0 Å². The highest BCUT2D eigenvalue weighted by atomic mass is 16.5. The van der Waals surface area contributed by atoms with E-state index in [1.165, 1.54) is 6.33 Å². The van der Waals surface area contributed by atoms with Gasteiger partial charge in [0, 0.05) is 12.7 Å². The summed E-state index contributed by atoms with van der Waals surface area (Å²) in [6.45, 7) is 2.61. The second kappa shape index (κ2) is 6.60. The molecule has 6 nitrogen and oxygen atoms in total. The molecule has 6 heteroatoms. The molecular formula is C14H18N4O2. The highest BCUT2D eigenvalue weighted by molar-refractivity contribution is 5.69. The van der Waals surface area contributed by atoms with Crippen LogP contribution in [0, 0.1) is 0 Å². The molecule has 0 saturated heterocycles. The number of hydrogen-bond donors (Lipinski definition) is 2. The van der Waals surface area contributed by atoms with Crippen LogP contribution in [0.15, 0.2) is 30.6 Å². The van der Waals surface area contributed by atoms with E-state index in [2.05, 4.69) is 20.6 Å². The summed E-state index contributed by atoms with van der Waals surface area (Å²) in [5.74, 6) is 2.65. The van der Waals surface area contributed by atoms with Crippen LogP contribution in [-0.4, -0.2) is 30.7 Å². The van der Waals surface area contributed by atoms with Crippen LogP contribution in [0.3, 0.4) is 0 Å². The molecule has 0 aliphatic rings. The normalized spacial score (nSPS) is 9.95. The zero-order valence-electron chi connectivity index (χ0n) is 11.8. The molecule has 0 fully saturated rings. The Balaban J connectivity index is 2.21. The second-order valence-corrected chi connectivity index (χ2v) is 3.94. The number of hydrogen-bond acceptors (Lipinski definition) is 6. The van der Waals surface area contributed by atoms with E-state index in [9.17, 15) is 0 Å². The third-order valence-corrected chi connectivity index (χ3v) is 2.67. The summed E-state index contributed by atoms with van der Waals surface area (Å²) in [5.41, 5.74) is 0.896. The van der Waals surface area contributed by atoms with Crippen molar-refractivity contribution in [3.63, 3.8) is 0 Å². The van der Waals surface area contributed by atoms with E-state index in [4.69, 9.17) is 9.47 Å². The zero-order valence-corrected chi connectivity index (χ0v) is 11.8. The van der Waals surface area contributed by atoms with E-state index in [0.29, 0.717) is 24.0 Å². The summed E-state index contributed by atoms with van der Waals surface area (Å²) in [6, 6.07) is 7.65. The third kappa shape index (κ3) is 3.09. The van der Waals surface area contributed by atoms with Gasteiger partial charge in [0.2, 0.25) is 5.75 Å². The number of ether oxygens (including phenoxy) is 2. The predicted octanol–water partition coefficient (Wildman–Crippen LogP) is 2.67. The minimum atomic E-state index is 0.573. The van der Waals surface area contributed by atoms with Gasteiger partial charge < -0.3 is 20.1 Å². The van der Waals surface area contributed by atoms with E-state index in [1.54, 1.807) is 14.2 Å². The Kier molecular flexibility index (Phi) is 4.60. The molecule has 0 aliphatic heterocycles. The maximum absolute atomic E-state index is 5.40. The molecule has 106 valence electrons. The van der Waals surface area contributed by atoms with Crippen molar-refractivity contribution < 1.29 is 9.47 Å². The maximum atomic E-state index is 5.40. The van der Waals surface area contributed by atoms with Gasteiger partial charge in [-0.25, -0.2) is 9.97 Å². The largest absolute Gasteiger partial charge is 0.494 e. The molecule has 20 heavy (non-hydrogen) atoms. The maximum Gasteiger partial charge on any atom is 0.204 e. The molecule has 2 N–H and O–H groups in total. The molecule has 0 unspecified atom stereocenters. The quantitative estimate of drug-likeness (QED) is 0.844. The fraction of sp³-hybridized carbons (Fsp3) is 0.286. The fourth-order valence-electron chi connectivity index (χ4n) is 1.77. The molecule has 2 rings (SSSR count). The van der Waals surface area contributed by atoms with Crippen molar-refractivity contribution in [3.8, 4) is 11.5 Å². The Bertz CT molecular complexity index is 558. The fourth-order valence-corrected chi connectivity index (χ4v) is 1.77. The van der Waals surface area contributed by atoms with Crippen molar-refractivity contribution in [2.45, 2.75) is 6.92 Å². The minimum absolute atomic E-state index is 0.573. The summed E-state index contributed by atoms with van der Waals surface area (Å²) in [5, 5.41) is 6.16. The van der Waals surface area contributed by atoms with Crippen LogP contribution in [0.25, 0.3) is 0 Å². The lowest BCUT2D eigenvalue weighted by Crippen LogP contribution is -2.03. The molecule has 0 atom stereocenters. The molecule has 1 heterocycles. The van der Waals surface area contributed by atoms with Crippen molar-refractivity contribution >= 4 is 17.3 Å². The van der Waals surface area contributed by atoms with E-state index < -0.39 is 0 Å². The smallest absolute Gasteiger partial charge is 0.204 e. The molecule has 0 radical (unpaired) electrons. The highest BCUT2D eigenvalue weighted by Crippen LogP contribution is 2.31. The van der Waals surface area contributed by atoms with Crippen molar-refractivity contribution in [1.29, 1.82) is 0 Å². The Hall–Kier alpha value is -2.50.